The lowest BCUT2D eigenvalue weighted by Gasteiger charge is -2.10. The van der Waals surface area contributed by atoms with Gasteiger partial charge in [0.15, 0.2) is 5.16 Å². The van der Waals surface area contributed by atoms with Crippen molar-refractivity contribution in [1.29, 1.82) is 0 Å². The van der Waals surface area contributed by atoms with E-state index in [1.807, 2.05) is 13.1 Å². The number of thioether (sulfide) groups is 1. The molecule has 28 heavy (non-hydrogen) atoms. The Morgan fingerprint density at radius 3 is 2.71 bits per heavy atom. The lowest BCUT2D eigenvalue weighted by molar-refractivity contribution is 0.850. The minimum atomic E-state index is -0.135. The SMILES string of the molecule is CCc1nn2c(=O)cc(CSc3nccn3-c3ccc(C(C)C)cc3)nc2s1. The third-order valence-electron chi connectivity index (χ3n) is 4.44. The second-order valence-electron chi connectivity index (χ2n) is 6.74. The van der Waals surface area contributed by atoms with Crippen LogP contribution in [-0.4, -0.2) is 24.1 Å². The zero-order chi connectivity index (χ0) is 19.7. The molecule has 0 saturated heterocycles. The highest BCUT2D eigenvalue weighted by molar-refractivity contribution is 7.98. The normalized spacial score (nSPS) is 11.6. The van der Waals surface area contributed by atoms with Crippen molar-refractivity contribution in [2.75, 3.05) is 0 Å². The molecule has 4 rings (SSSR count). The summed E-state index contributed by atoms with van der Waals surface area (Å²) in [7, 11) is 0. The first-order valence-electron chi connectivity index (χ1n) is 9.20. The molecular weight excluding hydrogens is 390 g/mol. The molecule has 8 heteroatoms. The van der Waals surface area contributed by atoms with E-state index in [0.29, 0.717) is 16.6 Å². The number of fused-ring (bicyclic) bond motifs is 1. The van der Waals surface area contributed by atoms with Crippen molar-refractivity contribution in [3.63, 3.8) is 0 Å². The Bertz CT molecular complexity index is 1160. The Hall–Kier alpha value is -2.45. The van der Waals surface area contributed by atoms with Crippen LogP contribution >= 0.6 is 23.1 Å². The first-order valence-corrected chi connectivity index (χ1v) is 11.0. The maximum Gasteiger partial charge on any atom is 0.275 e. The van der Waals surface area contributed by atoms with Crippen LogP contribution in [0.15, 0.2) is 52.7 Å². The van der Waals surface area contributed by atoms with Gasteiger partial charge in [-0.25, -0.2) is 9.97 Å². The summed E-state index contributed by atoms with van der Waals surface area (Å²) >= 11 is 3.03. The van der Waals surface area contributed by atoms with Gasteiger partial charge in [0.1, 0.15) is 5.01 Å². The predicted octanol–water partition coefficient (Wildman–Crippen LogP) is 4.31. The van der Waals surface area contributed by atoms with Gasteiger partial charge in [0.05, 0.1) is 5.69 Å². The Balaban J connectivity index is 1.55. The number of aromatic nitrogens is 5. The molecule has 0 aliphatic rings. The number of imidazole rings is 1. The maximum atomic E-state index is 12.3. The first kappa shape index (κ1) is 18.9. The topological polar surface area (TPSA) is 65.1 Å². The Kier molecular flexibility index (Phi) is 5.32. The molecule has 0 unspecified atom stereocenters. The molecule has 0 radical (unpaired) electrons. The smallest absolute Gasteiger partial charge is 0.275 e. The number of rotatable bonds is 6. The molecule has 0 aliphatic carbocycles. The number of nitrogens with zero attached hydrogens (tertiary/aromatic N) is 5. The van der Waals surface area contributed by atoms with Gasteiger partial charge < -0.3 is 0 Å². The highest BCUT2D eigenvalue weighted by Gasteiger charge is 2.11. The molecule has 1 aromatic carbocycles. The van der Waals surface area contributed by atoms with Gasteiger partial charge in [0, 0.05) is 29.9 Å². The van der Waals surface area contributed by atoms with Crippen LogP contribution < -0.4 is 5.56 Å². The van der Waals surface area contributed by atoms with Crippen LogP contribution in [0.2, 0.25) is 0 Å². The van der Waals surface area contributed by atoms with Gasteiger partial charge in [-0.1, -0.05) is 56.0 Å². The minimum absolute atomic E-state index is 0.135. The Morgan fingerprint density at radius 1 is 1.21 bits per heavy atom. The highest BCUT2D eigenvalue weighted by Crippen LogP contribution is 2.25. The number of benzene rings is 1. The van der Waals surface area contributed by atoms with Gasteiger partial charge in [0.2, 0.25) is 4.96 Å². The van der Waals surface area contributed by atoms with E-state index in [1.165, 1.54) is 21.4 Å². The molecule has 0 amide bonds. The van der Waals surface area contributed by atoms with Crippen molar-refractivity contribution in [2.24, 2.45) is 0 Å². The Labute approximate surface area is 171 Å². The molecule has 0 N–H and O–H groups in total. The molecule has 0 spiro atoms. The molecular formula is C20H21N5OS2. The monoisotopic (exact) mass is 411 g/mol. The molecule has 4 aromatic rings. The van der Waals surface area contributed by atoms with Crippen LogP contribution in [-0.2, 0) is 12.2 Å². The van der Waals surface area contributed by atoms with Crippen LogP contribution in [0.3, 0.4) is 0 Å². The number of hydrogen-bond donors (Lipinski definition) is 0. The largest absolute Gasteiger partial charge is 0.295 e. The van der Waals surface area contributed by atoms with Crippen LogP contribution in [0.5, 0.6) is 0 Å². The fourth-order valence-corrected chi connectivity index (χ4v) is 4.59. The van der Waals surface area contributed by atoms with Crippen molar-refractivity contribution in [3.05, 3.63) is 69.3 Å². The molecule has 0 aliphatic heterocycles. The first-order chi connectivity index (χ1) is 13.5. The van der Waals surface area contributed by atoms with E-state index >= 15 is 0 Å². The average Bonchev–Trinajstić information content (AvgIpc) is 3.33. The second-order valence-corrected chi connectivity index (χ2v) is 8.73. The van der Waals surface area contributed by atoms with Gasteiger partial charge >= 0.3 is 0 Å². The van der Waals surface area contributed by atoms with E-state index in [0.717, 1.165) is 28.0 Å². The summed E-state index contributed by atoms with van der Waals surface area (Å²) in [5, 5.41) is 6.08. The van der Waals surface area contributed by atoms with Gasteiger partial charge in [-0.05, 0) is 30.0 Å². The highest BCUT2D eigenvalue weighted by atomic mass is 32.2. The van der Waals surface area contributed by atoms with E-state index in [9.17, 15) is 4.79 Å². The Morgan fingerprint density at radius 2 is 2.00 bits per heavy atom. The molecule has 3 aromatic heterocycles. The van der Waals surface area contributed by atoms with Crippen LogP contribution in [0.4, 0.5) is 0 Å². The lowest BCUT2D eigenvalue weighted by atomic mass is 10.0. The summed E-state index contributed by atoms with van der Waals surface area (Å²) in [5.41, 5.74) is 2.99. The molecule has 3 heterocycles. The molecule has 6 nitrogen and oxygen atoms in total. The average molecular weight is 412 g/mol. The molecule has 144 valence electrons. The maximum absolute atomic E-state index is 12.3. The van der Waals surface area contributed by atoms with Crippen molar-refractivity contribution < 1.29 is 0 Å². The quantitative estimate of drug-likeness (QED) is 0.442. The molecule has 0 atom stereocenters. The van der Waals surface area contributed by atoms with E-state index in [2.05, 4.69) is 57.7 Å². The van der Waals surface area contributed by atoms with Crippen molar-refractivity contribution in [1.82, 2.24) is 24.1 Å². The number of aryl methyl sites for hydroxylation is 1. The van der Waals surface area contributed by atoms with Gasteiger partial charge in [0.25, 0.3) is 5.56 Å². The molecule has 0 saturated carbocycles. The summed E-state index contributed by atoms with van der Waals surface area (Å²) in [5.74, 6) is 1.08. The van der Waals surface area contributed by atoms with Crippen LogP contribution in [0, 0.1) is 0 Å². The van der Waals surface area contributed by atoms with Crippen molar-refractivity contribution >= 4 is 28.1 Å². The van der Waals surface area contributed by atoms with Gasteiger partial charge in [-0.3, -0.25) is 9.36 Å². The van der Waals surface area contributed by atoms with E-state index in [4.69, 9.17) is 0 Å². The lowest BCUT2D eigenvalue weighted by Crippen LogP contribution is -2.15. The fraction of sp³-hybridized carbons (Fsp3) is 0.300. The van der Waals surface area contributed by atoms with Crippen molar-refractivity contribution in [2.45, 2.75) is 44.0 Å². The second kappa shape index (κ2) is 7.89. The number of hydrogen-bond acceptors (Lipinski definition) is 6. The van der Waals surface area contributed by atoms with Gasteiger partial charge in [-0.2, -0.15) is 9.61 Å². The zero-order valence-corrected chi connectivity index (χ0v) is 17.6. The summed E-state index contributed by atoms with van der Waals surface area (Å²) < 4.78 is 3.44. The van der Waals surface area contributed by atoms with E-state index in [-0.39, 0.29) is 5.56 Å². The van der Waals surface area contributed by atoms with E-state index < -0.39 is 0 Å². The standard InChI is InChI=1S/C20H21N5OS2/c1-4-17-23-25-18(26)11-15(22-20(25)28-17)12-27-19-21-9-10-24(19)16-7-5-14(6-8-16)13(2)3/h5-11,13H,4,12H2,1-3H3. The molecule has 0 fully saturated rings. The minimum Gasteiger partial charge on any atom is -0.295 e. The van der Waals surface area contributed by atoms with Crippen LogP contribution in [0.1, 0.15) is 43.0 Å². The summed E-state index contributed by atoms with van der Waals surface area (Å²) in [6, 6.07) is 10.1. The third kappa shape index (κ3) is 3.74. The van der Waals surface area contributed by atoms with Gasteiger partial charge in [-0.15, -0.1) is 0 Å². The zero-order valence-electron chi connectivity index (χ0n) is 16.0. The van der Waals surface area contributed by atoms with Crippen LogP contribution in [0.25, 0.3) is 10.6 Å². The summed E-state index contributed by atoms with van der Waals surface area (Å²) in [4.78, 5) is 22.0. The molecule has 0 bridgehead atoms. The van der Waals surface area contributed by atoms with E-state index in [1.54, 1.807) is 24.0 Å². The third-order valence-corrected chi connectivity index (χ3v) is 6.49. The fourth-order valence-electron chi connectivity index (χ4n) is 2.86. The van der Waals surface area contributed by atoms with Crippen molar-refractivity contribution in [3.8, 4) is 5.69 Å². The summed E-state index contributed by atoms with van der Waals surface area (Å²) in [6.07, 6.45) is 4.54. The predicted molar refractivity (Wildman–Crippen MR) is 114 cm³/mol. The summed E-state index contributed by atoms with van der Waals surface area (Å²) in [6.45, 7) is 6.39.